The van der Waals surface area contributed by atoms with Crippen molar-refractivity contribution in [2.24, 2.45) is 5.73 Å². The molecule has 1 saturated carbocycles. The van der Waals surface area contributed by atoms with Crippen molar-refractivity contribution in [1.29, 1.82) is 0 Å². The van der Waals surface area contributed by atoms with Crippen molar-refractivity contribution in [1.82, 2.24) is 4.57 Å². The van der Waals surface area contributed by atoms with Crippen LogP contribution in [0.15, 0.2) is 36.4 Å². The van der Waals surface area contributed by atoms with Crippen LogP contribution >= 0.6 is 0 Å². The highest BCUT2D eigenvalue weighted by molar-refractivity contribution is 7.94. The summed E-state index contributed by atoms with van der Waals surface area (Å²) in [6, 6.07) is 10.4. The number of hydrogen-bond donors (Lipinski definition) is 2. The van der Waals surface area contributed by atoms with E-state index in [4.69, 9.17) is 5.73 Å². The van der Waals surface area contributed by atoms with E-state index in [0.717, 1.165) is 43.2 Å². The molecule has 4 rings (SSSR count). The molecule has 3 aromatic rings. The quantitative estimate of drug-likeness (QED) is 0.408. The monoisotopic (exact) mass is 499 g/mol. The fraction of sp³-hybridized carbons (Fsp3) is 0.444. The molecule has 1 aliphatic carbocycles. The molecule has 1 fully saturated rings. The lowest BCUT2D eigenvalue weighted by atomic mass is 10.0. The summed E-state index contributed by atoms with van der Waals surface area (Å²) in [7, 11) is -3.58. The number of primary amides is 1. The molecule has 0 bridgehead atoms. The van der Waals surface area contributed by atoms with Gasteiger partial charge in [-0.1, -0.05) is 38.3 Å². The smallest absolute Gasteiger partial charge is 0.251 e. The van der Waals surface area contributed by atoms with Gasteiger partial charge in [0.15, 0.2) is 0 Å². The summed E-state index contributed by atoms with van der Waals surface area (Å²) < 4.78 is 43.9. The van der Waals surface area contributed by atoms with Crippen molar-refractivity contribution >= 4 is 32.5 Å². The van der Waals surface area contributed by atoms with Crippen molar-refractivity contribution in [2.45, 2.75) is 77.0 Å². The second-order valence-electron chi connectivity index (χ2n) is 10.4. The Labute approximate surface area is 206 Å². The molecule has 188 valence electrons. The molecule has 0 radical (unpaired) electrons. The number of hydrogen-bond acceptors (Lipinski definition) is 3. The Bertz CT molecular complexity index is 1360. The van der Waals surface area contributed by atoms with Gasteiger partial charge in [0.1, 0.15) is 5.82 Å². The average Bonchev–Trinajstić information content (AvgIpc) is 3.39. The highest BCUT2D eigenvalue weighted by Gasteiger charge is 2.30. The average molecular weight is 500 g/mol. The van der Waals surface area contributed by atoms with E-state index >= 15 is 0 Å². The predicted molar refractivity (Wildman–Crippen MR) is 140 cm³/mol. The van der Waals surface area contributed by atoms with Gasteiger partial charge in [-0.25, -0.2) is 12.8 Å². The van der Waals surface area contributed by atoms with Gasteiger partial charge < -0.3 is 10.3 Å². The van der Waals surface area contributed by atoms with Crippen LogP contribution in [0.1, 0.15) is 81.8 Å². The number of carbonyl (C=O) groups excluding carboxylic acids is 1. The Morgan fingerprint density at radius 1 is 1.14 bits per heavy atom. The number of carbonyl (C=O) groups is 1. The van der Waals surface area contributed by atoms with E-state index in [0.29, 0.717) is 34.3 Å². The van der Waals surface area contributed by atoms with Crippen LogP contribution in [0.2, 0.25) is 0 Å². The Hall–Kier alpha value is -2.87. The largest absolute Gasteiger partial charge is 0.366 e. The fourth-order valence-corrected chi connectivity index (χ4v) is 5.67. The number of amides is 1. The van der Waals surface area contributed by atoms with E-state index in [1.165, 1.54) is 6.07 Å². The first-order valence-corrected chi connectivity index (χ1v) is 13.7. The number of nitrogens with zero attached hydrogens (tertiary/aromatic N) is 1. The summed E-state index contributed by atoms with van der Waals surface area (Å²) >= 11 is 0. The van der Waals surface area contributed by atoms with Gasteiger partial charge in [0, 0.05) is 17.1 Å². The number of anilines is 1. The molecule has 0 saturated heterocycles. The number of halogens is 1. The lowest BCUT2D eigenvalue weighted by molar-refractivity contribution is 0.100. The molecule has 1 aliphatic rings. The van der Waals surface area contributed by atoms with Gasteiger partial charge in [0.05, 0.1) is 21.5 Å². The van der Waals surface area contributed by atoms with Crippen LogP contribution in [0, 0.1) is 5.82 Å². The van der Waals surface area contributed by atoms with E-state index in [1.54, 1.807) is 45.0 Å². The van der Waals surface area contributed by atoms with E-state index < -0.39 is 20.7 Å². The van der Waals surface area contributed by atoms with E-state index in [1.807, 2.05) is 13.0 Å². The molecule has 0 unspecified atom stereocenters. The first-order chi connectivity index (χ1) is 16.4. The minimum Gasteiger partial charge on any atom is -0.366 e. The van der Waals surface area contributed by atoms with Crippen LogP contribution in [0.25, 0.3) is 22.2 Å². The summed E-state index contributed by atoms with van der Waals surface area (Å²) in [4.78, 5) is 12.7. The molecule has 1 amide bonds. The molecular formula is C27H34FN3O3S. The number of nitrogens with one attached hydrogen (secondary N) is 1. The lowest BCUT2D eigenvalue weighted by Crippen LogP contribution is -2.33. The van der Waals surface area contributed by atoms with Crippen molar-refractivity contribution in [3.05, 3.63) is 53.3 Å². The topological polar surface area (TPSA) is 94.2 Å². The third-order valence-electron chi connectivity index (χ3n) is 6.84. The zero-order valence-electron chi connectivity index (χ0n) is 20.8. The summed E-state index contributed by atoms with van der Waals surface area (Å²) in [5.41, 5.74) is 9.46. The van der Waals surface area contributed by atoms with Gasteiger partial charge in [-0.15, -0.1) is 0 Å². The van der Waals surface area contributed by atoms with Crippen LogP contribution in [0.3, 0.4) is 0 Å². The Balaban J connectivity index is 1.91. The second-order valence-corrected chi connectivity index (χ2v) is 12.8. The highest BCUT2D eigenvalue weighted by atomic mass is 32.2. The van der Waals surface area contributed by atoms with Crippen molar-refractivity contribution in [3.8, 4) is 11.3 Å². The molecular weight excluding hydrogens is 465 g/mol. The molecule has 0 atom stereocenters. The first kappa shape index (κ1) is 25.2. The van der Waals surface area contributed by atoms with Gasteiger partial charge in [-0.05, 0) is 75.4 Å². The van der Waals surface area contributed by atoms with Gasteiger partial charge in [-0.2, -0.15) is 0 Å². The van der Waals surface area contributed by atoms with E-state index in [2.05, 4.69) is 9.29 Å². The van der Waals surface area contributed by atoms with Gasteiger partial charge in [0.25, 0.3) is 5.91 Å². The summed E-state index contributed by atoms with van der Waals surface area (Å²) in [5, 5.41) is 0.522. The molecule has 0 aliphatic heterocycles. The maximum absolute atomic E-state index is 15.0. The maximum Gasteiger partial charge on any atom is 0.251 e. The standard InChI is InChI=1S/C27H34FN3O3S/c1-5-8-18-15-23-21(16-22(18)28)24(26(29)32)25(31(23)20-9-6-7-10-20)17-11-13-19(14-12-17)30-35(33,34)27(2,3)4/h11-16,20,30H,5-10H2,1-4H3,(H2,29,32). The van der Waals surface area contributed by atoms with Crippen LogP contribution in [0.4, 0.5) is 10.1 Å². The lowest BCUT2D eigenvalue weighted by Gasteiger charge is -2.21. The Morgan fingerprint density at radius 3 is 2.31 bits per heavy atom. The number of rotatable bonds is 7. The molecule has 3 N–H and O–H groups in total. The SMILES string of the molecule is CCCc1cc2c(cc1F)c(C(N)=O)c(-c1ccc(NS(=O)(=O)C(C)(C)C)cc1)n2C1CCCC1. The number of fused-ring (bicyclic) bond motifs is 1. The van der Waals surface area contributed by atoms with Crippen molar-refractivity contribution < 1.29 is 17.6 Å². The van der Waals surface area contributed by atoms with Gasteiger partial charge in [-0.3, -0.25) is 9.52 Å². The van der Waals surface area contributed by atoms with E-state index in [9.17, 15) is 17.6 Å². The minimum absolute atomic E-state index is 0.180. The molecule has 6 nitrogen and oxygen atoms in total. The number of benzene rings is 2. The normalized spacial score (nSPS) is 15.1. The number of sulfonamides is 1. The zero-order valence-corrected chi connectivity index (χ0v) is 21.6. The van der Waals surface area contributed by atoms with E-state index in [-0.39, 0.29) is 11.9 Å². The third-order valence-corrected chi connectivity index (χ3v) is 8.96. The van der Waals surface area contributed by atoms with Crippen LogP contribution in [-0.4, -0.2) is 23.6 Å². The van der Waals surface area contributed by atoms with Crippen LogP contribution < -0.4 is 10.5 Å². The van der Waals surface area contributed by atoms with Crippen molar-refractivity contribution in [3.63, 3.8) is 0 Å². The zero-order chi connectivity index (χ0) is 25.5. The second kappa shape index (κ2) is 9.30. The molecule has 35 heavy (non-hydrogen) atoms. The van der Waals surface area contributed by atoms with Crippen LogP contribution in [0.5, 0.6) is 0 Å². The number of aromatic nitrogens is 1. The molecule has 1 heterocycles. The highest BCUT2D eigenvalue weighted by Crippen LogP contribution is 2.42. The third kappa shape index (κ3) is 4.68. The molecule has 0 spiro atoms. The predicted octanol–water partition coefficient (Wildman–Crippen LogP) is 6.15. The summed E-state index contributed by atoms with van der Waals surface area (Å²) in [5.74, 6) is -0.939. The Morgan fingerprint density at radius 2 is 1.77 bits per heavy atom. The van der Waals surface area contributed by atoms with Crippen LogP contribution in [-0.2, 0) is 16.4 Å². The summed E-state index contributed by atoms with van der Waals surface area (Å²) in [6.07, 6.45) is 5.55. The van der Waals surface area contributed by atoms with Crippen molar-refractivity contribution in [2.75, 3.05) is 4.72 Å². The first-order valence-electron chi connectivity index (χ1n) is 12.2. The molecule has 2 aromatic carbocycles. The summed E-state index contributed by atoms with van der Waals surface area (Å²) in [6.45, 7) is 6.91. The Kier molecular flexibility index (Phi) is 6.70. The maximum atomic E-state index is 15.0. The molecule has 1 aromatic heterocycles. The van der Waals surface area contributed by atoms with Gasteiger partial charge in [0.2, 0.25) is 10.0 Å². The fourth-order valence-electron chi connectivity index (χ4n) is 4.91. The molecule has 8 heteroatoms. The van der Waals surface area contributed by atoms with Gasteiger partial charge >= 0.3 is 0 Å². The number of aryl methyl sites for hydroxylation is 1. The number of nitrogens with two attached hydrogens (primary N) is 1. The minimum atomic E-state index is -3.58.